The molecule has 1 atom stereocenters. The lowest BCUT2D eigenvalue weighted by Crippen LogP contribution is -2.51. The molecule has 2 aromatic rings. The number of aromatic nitrogens is 2. The van der Waals surface area contributed by atoms with Gasteiger partial charge in [-0.05, 0) is 39.7 Å². The summed E-state index contributed by atoms with van der Waals surface area (Å²) in [5.74, 6) is -0.664. The van der Waals surface area contributed by atoms with E-state index in [0.29, 0.717) is 56.2 Å². The van der Waals surface area contributed by atoms with Crippen LogP contribution in [0.25, 0.3) is 11.3 Å². The number of morpholine rings is 1. The standard InChI is InChI=1S/C25H32ClN5O5S/c1-25(2,3)27-24(33)30-9-5-6-16(14-30)31-21-17-7-4-8-19(26)22(17)37(34,35)15-18(21)20(28-31)23(32)29-10-12-36-13-11-29/h4,7-8,16H,5-6,9-15H2,1-3H3,(H,27,33). The predicted molar refractivity (Wildman–Crippen MR) is 138 cm³/mol. The number of urea groups is 1. The van der Waals surface area contributed by atoms with Crippen LogP contribution in [0.2, 0.25) is 5.02 Å². The molecule has 1 N–H and O–H groups in total. The fourth-order valence-electron chi connectivity index (χ4n) is 5.26. The Bertz CT molecular complexity index is 1340. The average molecular weight is 550 g/mol. The van der Waals surface area contributed by atoms with Crippen molar-refractivity contribution in [3.05, 3.63) is 34.5 Å². The number of amides is 3. The van der Waals surface area contributed by atoms with E-state index in [1.807, 2.05) is 20.8 Å². The van der Waals surface area contributed by atoms with Crippen molar-refractivity contribution in [2.45, 2.75) is 55.8 Å². The van der Waals surface area contributed by atoms with Crippen molar-refractivity contribution in [3.8, 4) is 11.3 Å². The minimum atomic E-state index is -3.79. The van der Waals surface area contributed by atoms with Gasteiger partial charge in [0.2, 0.25) is 0 Å². The second-order valence-corrected chi connectivity index (χ2v) is 13.2. The number of hydrogen-bond acceptors (Lipinski definition) is 6. The Hall–Kier alpha value is -2.63. The highest BCUT2D eigenvalue weighted by atomic mass is 35.5. The van der Waals surface area contributed by atoms with E-state index < -0.39 is 9.84 Å². The summed E-state index contributed by atoms with van der Waals surface area (Å²) in [5, 5.41) is 7.93. The van der Waals surface area contributed by atoms with Crippen LogP contribution in [0.15, 0.2) is 23.1 Å². The van der Waals surface area contributed by atoms with Gasteiger partial charge in [-0.1, -0.05) is 23.7 Å². The van der Waals surface area contributed by atoms with Crippen molar-refractivity contribution < 1.29 is 22.7 Å². The molecule has 0 saturated carbocycles. The number of ether oxygens (including phenoxy) is 1. The van der Waals surface area contributed by atoms with E-state index in [2.05, 4.69) is 5.32 Å². The average Bonchev–Trinajstić information content (AvgIpc) is 3.21. The van der Waals surface area contributed by atoms with Crippen molar-refractivity contribution in [2.75, 3.05) is 39.4 Å². The van der Waals surface area contributed by atoms with Gasteiger partial charge in [0.15, 0.2) is 15.5 Å². The van der Waals surface area contributed by atoms with Gasteiger partial charge in [-0.2, -0.15) is 5.10 Å². The number of likely N-dealkylation sites (tertiary alicyclic amines) is 1. The lowest BCUT2D eigenvalue weighted by molar-refractivity contribution is 0.0297. The first-order chi connectivity index (χ1) is 17.5. The number of carbonyl (C=O) groups excluding carboxylic acids is 2. The van der Waals surface area contributed by atoms with Gasteiger partial charge in [-0.3, -0.25) is 9.48 Å². The number of sulfone groups is 1. The van der Waals surface area contributed by atoms with Crippen molar-refractivity contribution in [1.29, 1.82) is 0 Å². The molecule has 3 amide bonds. The monoisotopic (exact) mass is 549 g/mol. The maximum absolute atomic E-state index is 13.6. The van der Waals surface area contributed by atoms with Gasteiger partial charge in [-0.25, -0.2) is 13.2 Å². The van der Waals surface area contributed by atoms with Gasteiger partial charge in [0.25, 0.3) is 5.91 Å². The second kappa shape index (κ2) is 9.59. The van der Waals surface area contributed by atoms with Gasteiger partial charge in [0.05, 0.1) is 40.6 Å². The fourth-order valence-corrected chi connectivity index (χ4v) is 7.45. The summed E-state index contributed by atoms with van der Waals surface area (Å²) < 4.78 is 33.8. The van der Waals surface area contributed by atoms with Crippen LogP contribution in [-0.4, -0.2) is 84.9 Å². The van der Waals surface area contributed by atoms with E-state index in [9.17, 15) is 18.0 Å². The number of benzene rings is 1. The molecule has 2 fully saturated rings. The van der Waals surface area contributed by atoms with Crippen LogP contribution in [0.3, 0.4) is 0 Å². The van der Waals surface area contributed by atoms with Crippen molar-refractivity contribution in [2.24, 2.45) is 0 Å². The fraction of sp³-hybridized carbons (Fsp3) is 0.560. The Morgan fingerprint density at radius 3 is 2.57 bits per heavy atom. The van der Waals surface area contributed by atoms with E-state index in [-0.39, 0.29) is 44.9 Å². The van der Waals surface area contributed by atoms with Gasteiger partial charge >= 0.3 is 6.03 Å². The molecule has 4 heterocycles. The number of hydrogen-bond donors (Lipinski definition) is 1. The van der Waals surface area contributed by atoms with Gasteiger partial charge in [-0.15, -0.1) is 0 Å². The third-order valence-corrected chi connectivity index (χ3v) is 9.05. The molecule has 0 radical (unpaired) electrons. The molecule has 3 aliphatic heterocycles. The first-order valence-corrected chi connectivity index (χ1v) is 14.6. The van der Waals surface area contributed by atoms with Crippen molar-refractivity contribution >= 4 is 33.4 Å². The number of nitrogens with one attached hydrogen (secondary N) is 1. The summed E-state index contributed by atoms with van der Waals surface area (Å²) in [4.78, 5) is 30.0. The van der Waals surface area contributed by atoms with Crippen LogP contribution in [0.1, 0.15) is 55.7 Å². The number of rotatable bonds is 2. The molecule has 1 aromatic heterocycles. The molecule has 200 valence electrons. The highest BCUT2D eigenvalue weighted by Gasteiger charge is 2.40. The van der Waals surface area contributed by atoms with E-state index in [1.165, 1.54) is 0 Å². The molecule has 12 heteroatoms. The SMILES string of the molecule is CC(C)(C)NC(=O)N1CCCC(n2nc(C(=O)N3CCOCC3)c3c2-c2cccc(Cl)c2S(=O)(=O)C3)C1. The predicted octanol–water partition coefficient (Wildman–Crippen LogP) is 3.11. The quantitative estimate of drug-likeness (QED) is 0.616. The normalized spacial score (nSPS) is 21.2. The lowest BCUT2D eigenvalue weighted by atomic mass is 10.0. The molecule has 0 aliphatic carbocycles. The molecule has 2 saturated heterocycles. The van der Waals surface area contributed by atoms with E-state index >= 15 is 0 Å². The van der Waals surface area contributed by atoms with Gasteiger partial charge in [0.1, 0.15) is 0 Å². The summed E-state index contributed by atoms with van der Waals surface area (Å²) >= 11 is 6.39. The molecule has 5 rings (SSSR count). The molecule has 37 heavy (non-hydrogen) atoms. The number of nitrogens with zero attached hydrogens (tertiary/aromatic N) is 4. The highest BCUT2D eigenvalue weighted by molar-refractivity contribution is 7.91. The Balaban J connectivity index is 1.60. The molecular weight excluding hydrogens is 518 g/mol. The molecular formula is C25H32ClN5O5S. The number of fused-ring (bicyclic) bond motifs is 3. The molecule has 10 nitrogen and oxygen atoms in total. The first-order valence-electron chi connectivity index (χ1n) is 12.5. The van der Waals surface area contributed by atoms with Crippen molar-refractivity contribution in [3.63, 3.8) is 0 Å². The van der Waals surface area contributed by atoms with Crippen LogP contribution in [-0.2, 0) is 20.3 Å². The molecule has 0 spiro atoms. The topological polar surface area (TPSA) is 114 Å². The van der Waals surface area contributed by atoms with E-state index in [1.54, 1.807) is 32.7 Å². The Labute approximate surface area is 221 Å². The molecule has 0 bridgehead atoms. The third kappa shape index (κ3) is 4.96. The second-order valence-electron chi connectivity index (χ2n) is 10.8. The number of carbonyl (C=O) groups is 2. The van der Waals surface area contributed by atoms with Crippen LogP contribution < -0.4 is 5.32 Å². The highest BCUT2D eigenvalue weighted by Crippen LogP contribution is 2.44. The zero-order chi connectivity index (χ0) is 26.5. The van der Waals surface area contributed by atoms with E-state index in [0.717, 1.165) is 12.8 Å². The summed E-state index contributed by atoms with van der Waals surface area (Å²) in [7, 11) is -3.79. The Morgan fingerprint density at radius 2 is 1.86 bits per heavy atom. The van der Waals surface area contributed by atoms with Crippen LogP contribution >= 0.6 is 11.6 Å². The van der Waals surface area contributed by atoms with Crippen molar-refractivity contribution in [1.82, 2.24) is 24.9 Å². The third-order valence-electron chi connectivity index (χ3n) is 6.89. The number of halogens is 1. The molecule has 1 aromatic carbocycles. The summed E-state index contributed by atoms with van der Waals surface area (Å²) in [6.45, 7) is 8.47. The van der Waals surface area contributed by atoms with Gasteiger partial charge < -0.3 is 19.9 Å². The smallest absolute Gasteiger partial charge is 0.317 e. The minimum Gasteiger partial charge on any atom is -0.378 e. The number of piperidine rings is 1. The Kier molecular flexibility index (Phi) is 6.74. The summed E-state index contributed by atoms with van der Waals surface area (Å²) in [5.41, 5.74) is 1.19. The van der Waals surface area contributed by atoms with Crippen LogP contribution in [0.5, 0.6) is 0 Å². The Morgan fingerprint density at radius 1 is 1.14 bits per heavy atom. The molecule has 1 unspecified atom stereocenters. The maximum Gasteiger partial charge on any atom is 0.317 e. The zero-order valence-corrected chi connectivity index (χ0v) is 22.9. The lowest BCUT2D eigenvalue weighted by Gasteiger charge is -2.36. The largest absolute Gasteiger partial charge is 0.378 e. The van der Waals surface area contributed by atoms with Crippen LogP contribution in [0, 0.1) is 0 Å². The molecule has 3 aliphatic rings. The summed E-state index contributed by atoms with van der Waals surface area (Å²) in [6.07, 6.45) is 1.49. The maximum atomic E-state index is 13.6. The van der Waals surface area contributed by atoms with Crippen LogP contribution in [0.4, 0.5) is 4.79 Å². The summed E-state index contributed by atoms with van der Waals surface area (Å²) in [6, 6.07) is 4.59. The van der Waals surface area contributed by atoms with Gasteiger partial charge in [0, 0.05) is 42.8 Å². The minimum absolute atomic E-state index is 0.0637. The first kappa shape index (κ1) is 26.0. The van der Waals surface area contributed by atoms with E-state index in [4.69, 9.17) is 21.4 Å². The zero-order valence-electron chi connectivity index (χ0n) is 21.3.